The topological polar surface area (TPSA) is 49.8 Å². The van der Waals surface area contributed by atoms with Gasteiger partial charge in [0.05, 0.1) is 6.61 Å². The molecule has 0 bridgehead atoms. The van der Waals surface area contributed by atoms with Crippen LogP contribution in [0.1, 0.15) is 36.0 Å². The third-order valence-electron chi connectivity index (χ3n) is 3.84. The van der Waals surface area contributed by atoms with Crippen LogP contribution in [0.5, 0.6) is 5.75 Å². The Kier molecular flexibility index (Phi) is 5.81. The summed E-state index contributed by atoms with van der Waals surface area (Å²) in [5.74, 6) is 0.715. The van der Waals surface area contributed by atoms with Crippen molar-refractivity contribution in [3.63, 3.8) is 0 Å². The molecule has 0 aliphatic heterocycles. The number of hydrogen-bond donors (Lipinski definition) is 1. The van der Waals surface area contributed by atoms with Gasteiger partial charge in [0.1, 0.15) is 12.4 Å². The maximum atomic E-state index is 12.6. The first-order valence-electron chi connectivity index (χ1n) is 7.52. The Bertz CT molecular complexity index is 463. The number of carbonyl (C=O) groups excluding carboxylic acids is 1. The predicted octanol–water partition coefficient (Wildman–Crippen LogP) is 2.63. The van der Waals surface area contributed by atoms with Crippen LogP contribution in [0.2, 0.25) is 0 Å². The molecule has 4 nitrogen and oxygen atoms in total. The molecule has 4 heteroatoms. The van der Waals surface area contributed by atoms with Gasteiger partial charge in [-0.25, -0.2) is 0 Å². The number of aliphatic hydroxyl groups excluding tert-OH is 1. The third-order valence-corrected chi connectivity index (χ3v) is 3.84. The molecule has 1 saturated carbocycles. The molecule has 1 fully saturated rings. The molecule has 1 aliphatic rings. The Labute approximate surface area is 126 Å². The standard InChI is InChI=1S/C17H23NO3/c1-2-13-21-16-9-7-14(8-10-16)17(20)18(11-12-19)15-5-3-4-6-15/h2,7-10,15,19H,1,3-6,11-13H2. The summed E-state index contributed by atoms with van der Waals surface area (Å²) in [5.41, 5.74) is 0.640. The molecule has 0 aromatic heterocycles. The van der Waals surface area contributed by atoms with Crippen LogP contribution >= 0.6 is 0 Å². The summed E-state index contributed by atoms with van der Waals surface area (Å²) in [6.45, 7) is 4.45. The van der Waals surface area contributed by atoms with Crippen LogP contribution in [-0.4, -0.2) is 41.7 Å². The molecule has 0 atom stereocenters. The SMILES string of the molecule is C=CCOc1ccc(C(=O)N(CCO)C2CCCC2)cc1. The Hall–Kier alpha value is -1.81. The van der Waals surface area contributed by atoms with Gasteiger partial charge in [0, 0.05) is 18.2 Å². The summed E-state index contributed by atoms with van der Waals surface area (Å²) in [6, 6.07) is 7.41. The van der Waals surface area contributed by atoms with E-state index in [1.807, 2.05) is 4.90 Å². The molecule has 0 saturated heterocycles. The number of amides is 1. The van der Waals surface area contributed by atoms with Crippen molar-refractivity contribution < 1.29 is 14.6 Å². The number of rotatable bonds is 7. The van der Waals surface area contributed by atoms with Crippen molar-refractivity contribution >= 4 is 5.91 Å². The van der Waals surface area contributed by atoms with Crippen LogP contribution in [0.3, 0.4) is 0 Å². The van der Waals surface area contributed by atoms with Crippen LogP contribution in [0, 0.1) is 0 Å². The van der Waals surface area contributed by atoms with Crippen molar-refractivity contribution in [2.45, 2.75) is 31.7 Å². The minimum absolute atomic E-state index is 0.00275. The fourth-order valence-corrected chi connectivity index (χ4v) is 2.79. The second kappa shape index (κ2) is 7.84. The number of aliphatic hydroxyl groups is 1. The van der Waals surface area contributed by atoms with Crippen molar-refractivity contribution in [2.75, 3.05) is 19.8 Å². The van der Waals surface area contributed by atoms with E-state index >= 15 is 0 Å². The van der Waals surface area contributed by atoms with Crippen LogP contribution in [0.15, 0.2) is 36.9 Å². The smallest absolute Gasteiger partial charge is 0.254 e. The maximum absolute atomic E-state index is 12.6. The predicted molar refractivity (Wildman–Crippen MR) is 82.5 cm³/mol. The second-order valence-electron chi connectivity index (χ2n) is 5.28. The van der Waals surface area contributed by atoms with E-state index in [-0.39, 0.29) is 18.6 Å². The minimum atomic E-state index is -0.00813. The molecule has 0 unspecified atom stereocenters. The zero-order valence-corrected chi connectivity index (χ0v) is 12.3. The third kappa shape index (κ3) is 4.08. The lowest BCUT2D eigenvalue weighted by Gasteiger charge is -2.28. The summed E-state index contributed by atoms with van der Waals surface area (Å²) in [4.78, 5) is 14.4. The Morgan fingerprint density at radius 1 is 1.33 bits per heavy atom. The molecule has 2 rings (SSSR count). The fraction of sp³-hybridized carbons (Fsp3) is 0.471. The van der Waals surface area contributed by atoms with E-state index in [1.54, 1.807) is 30.3 Å². The molecule has 1 N–H and O–H groups in total. The van der Waals surface area contributed by atoms with Gasteiger partial charge in [-0.2, -0.15) is 0 Å². The lowest BCUT2D eigenvalue weighted by atomic mass is 10.1. The van der Waals surface area contributed by atoms with Crippen molar-refractivity contribution in [2.24, 2.45) is 0 Å². The number of nitrogens with zero attached hydrogens (tertiary/aromatic N) is 1. The fourth-order valence-electron chi connectivity index (χ4n) is 2.79. The second-order valence-corrected chi connectivity index (χ2v) is 5.28. The van der Waals surface area contributed by atoms with E-state index in [2.05, 4.69) is 6.58 Å². The molecule has 0 radical (unpaired) electrons. The largest absolute Gasteiger partial charge is 0.490 e. The lowest BCUT2D eigenvalue weighted by Crippen LogP contribution is -2.40. The highest BCUT2D eigenvalue weighted by Crippen LogP contribution is 2.25. The molecule has 1 aromatic carbocycles. The van der Waals surface area contributed by atoms with Gasteiger partial charge in [0.15, 0.2) is 0 Å². The summed E-state index contributed by atoms with van der Waals surface area (Å²) in [6.07, 6.45) is 6.07. The van der Waals surface area contributed by atoms with E-state index < -0.39 is 0 Å². The van der Waals surface area contributed by atoms with Crippen molar-refractivity contribution in [3.8, 4) is 5.75 Å². The van der Waals surface area contributed by atoms with Gasteiger partial charge in [-0.05, 0) is 37.1 Å². The van der Waals surface area contributed by atoms with E-state index in [1.165, 1.54) is 0 Å². The first kappa shape index (κ1) is 15.6. The highest BCUT2D eigenvalue weighted by molar-refractivity contribution is 5.94. The molecular formula is C17H23NO3. The molecule has 1 aromatic rings. The first-order chi connectivity index (χ1) is 10.3. The minimum Gasteiger partial charge on any atom is -0.490 e. The Morgan fingerprint density at radius 2 is 2.00 bits per heavy atom. The average molecular weight is 289 g/mol. The molecule has 1 aliphatic carbocycles. The van der Waals surface area contributed by atoms with Gasteiger partial charge in [-0.3, -0.25) is 4.79 Å². The van der Waals surface area contributed by atoms with E-state index in [0.717, 1.165) is 31.4 Å². The van der Waals surface area contributed by atoms with E-state index in [9.17, 15) is 9.90 Å². The molecule has 1 amide bonds. The first-order valence-corrected chi connectivity index (χ1v) is 7.52. The van der Waals surface area contributed by atoms with E-state index in [0.29, 0.717) is 18.7 Å². The van der Waals surface area contributed by atoms with Crippen LogP contribution in [-0.2, 0) is 0 Å². The highest BCUT2D eigenvalue weighted by atomic mass is 16.5. The number of carbonyl (C=O) groups is 1. The summed E-state index contributed by atoms with van der Waals surface area (Å²) < 4.78 is 5.41. The van der Waals surface area contributed by atoms with Crippen LogP contribution in [0.4, 0.5) is 0 Å². The zero-order chi connectivity index (χ0) is 15.1. The molecule has 21 heavy (non-hydrogen) atoms. The van der Waals surface area contributed by atoms with Crippen molar-refractivity contribution in [3.05, 3.63) is 42.5 Å². The van der Waals surface area contributed by atoms with Crippen LogP contribution in [0.25, 0.3) is 0 Å². The molecular weight excluding hydrogens is 266 g/mol. The number of ether oxygens (including phenoxy) is 1. The summed E-state index contributed by atoms with van der Waals surface area (Å²) in [7, 11) is 0. The normalized spacial score (nSPS) is 14.9. The summed E-state index contributed by atoms with van der Waals surface area (Å²) >= 11 is 0. The molecule has 0 spiro atoms. The average Bonchev–Trinajstić information content (AvgIpc) is 3.04. The van der Waals surface area contributed by atoms with Crippen molar-refractivity contribution in [1.29, 1.82) is 0 Å². The van der Waals surface area contributed by atoms with Crippen LogP contribution < -0.4 is 4.74 Å². The Balaban J connectivity index is 2.06. The highest BCUT2D eigenvalue weighted by Gasteiger charge is 2.26. The van der Waals surface area contributed by atoms with E-state index in [4.69, 9.17) is 4.74 Å². The molecule has 0 heterocycles. The monoisotopic (exact) mass is 289 g/mol. The van der Waals surface area contributed by atoms with Gasteiger partial charge in [-0.1, -0.05) is 25.5 Å². The van der Waals surface area contributed by atoms with Gasteiger partial charge in [-0.15, -0.1) is 0 Å². The van der Waals surface area contributed by atoms with Gasteiger partial charge < -0.3 is 14.7 Å². The van der Waals surface area contributed by atoms with Gasteiger partial charge in [0.25, 0.3) is 5.91 Å². The van der Waals surface area contributed by atoms with Gasteiger partial charge in [0.2, 0.25) is 0 Å². The number of benzene rings is 1. The van der Waals surface area contributed by atoms with Gasteiger partial charge >= 0.3 is 0 Å². The quantitative estimate of drug-likeness (QED) is 0.785. The zero-order valence-electron chi connectivity index (χ0n) is 12.3. The Morgan fingerprint density at radius 3 is 2.57 bits per heavy atom. The molecule has 114 valence electrons. The maximum Gasteiger partial charge on any atom is 0.254 e. The summed E-state index contributed by atoms with van der Waals surface area (Å²) in [5, 5.41) is 9.21. The van der Waals surface area contributed by atoms with Crippen molar-refractivity contribution in [1.82, 2.24) is 4.90 Å². The lowest BCUT2D eigenvalue weighted by molar-refractivity contribution is 0.0638. The number of hydrogen-bond acceptors (Lipinski definition) is 3.